The van der Waals surface area contributed by atoms with E-state index in [9.17, 15) is 0 Å². The number of methoxy groups -OCH3 is 1. The molecule has 3 rings (SSSR count). The van der Waals surface area contributed by atoms with Crippen molar-refractivity contribution in [1.82, 2.24) is 4.90 Å². The van der Waals surface area contributed by atoms with Gasteiger partial charge in [-0.05, 0) is 38.3 Å². The van der Waals surface area contributed by atoms with Crippen LogP contribution in [-0.2, 0) is 11.3 Å². The lowest BCUT2D eigenvalue weighted by atomic mass is 9.76. The summed E-state index contributed by atoms with van der Waals surface area (Å²) in [4.78, 5) is 2.56. The Morgan fingerprint density at radius 2 is 2.09 bits per heavy atom. The monoisotopic (exact) mass is 319 g/mol. The molecule has 128 valence electrons. The number of para-hydroxylation sites is 1. The van der Waals surface area contributed by atoms with E-state index in [0.717, 1.165) is 25.4 Å². The molecule has 1 N–H and O–H groups in total. The molecule has 2 atom stereocenters. The summed E-state index contributed by atoms with van der Waals surface area (Å²) in [5.41, 5.74) is 1.57. The van der Waals surface area contributed by atoms with Crippen LogP contribution >= 0.6 is 0 Å². The van der Waals surface area contributed by atoms with Gasteiger partial charge in [-0.15, -0.1) is 0 Å². The van der Waals surface area contributed by atoms with Gasteiger partial charge >= 0.3 is 0 Å². The zero-order chi connectivity index (χ0) is 16.1. The number of nitrogens with zero attached hydrogens (tertiary/aromatic N) is 1. The average molecular weight is 319 g/mol. The van der Waals surface area contributed by atoms with Crippen molar-refractivity contribution in [2.24, 2.45) is 5.41 Å². The van der Waals surface area contributed by atoms with Crippen LogP contribution in [0, 0.1) is 5.41 Å². The number of ether oxygens (including phenoxy) is 2. The molecular weight excluding hydrogens is 290 g/mol. The summed E-state index contributed by atoms with van der Waals surface area (Å²) in [6, 6.07) is 8.19. The maximum Gasteiger partial charge on any atom is 0.123 e. The third-order valence-corrected chi connectivity index (χ3v) is 5.51. The maximum absolute atomic E-state index is 8.99. The van der Waals surface area contributed by atoms with Gasteiger partial charge in [0.1, 0.15) is 12.4 Å². The molecule has 4 heteroatoms. The molecule has 0 amide bonds. The van der Waals surface area contributed by atoms with E-state index in [2.05, 4.69) is 17.0 Å². The van der Waals surface area contributed by atoms with Gasteiger partial charge in [-0.1, -0.05) is 24.6 Å². The molecule has 2 aliphatic rings. The summed E-state index contributed by atoms with van der Waals surface area (Å²) < 4.78 is 11.5. The van der Waals surface area contributed by atoms with E-state index < -0.39 is 0 Å². The molecule has 1 heterocycles. The van der Waals surface area contributed by atoms with Crippen LogP contribution in [0.2, 0.25) is 0 Å². The zero-order valence-corrected chi connectivity index (χ0v) is 14.2. The lowest BCUT2D eigenvalue weighted by molar-refractivity contribution is -0.0367. The molecule has 0 aromatic heterocycles. The highest BCUT2D eigenvalue weighted by atomic mass is 16.5. The number of rotatable bonds is 6. The van der Waals surface area contributed by atoms with Gasteiger partial charge in [0, 0.05) is 31.2 Å². The standard InChI is InChI=1S/C19H29NO3/c1-22-18-8-4-9-19(18)10-5-11-20(15-19)14-16-6-2-3-7-17(16)23-13-12-21/h2-3,6-7,18,21H,4-5,8-15H2,1H3/t18-,19-/m1/s1. The molecule has 2 fully saturated rings. The Balaban J connectivity index is 1.68. The minimum Gasteiger partial charge on any atom is -0.491 e. The predicted octanol–water partition coefficient (Wildman–Crippen LogP) is 2.84. The Morgan fingerprint density at radius 1 is 1.26 bits per heavy atom. The zero-order valence-electron chi connectivity index (χ0n) is 14.2. The summed E-state index contributed by atoms with van der Waals surface area (Å²) in [5.74, 6) is 0.899. The topological polar surface area (TPSA) is 41.9 Å². The van der Waals surface area contributed by atoms with E-state index in [4.69, 9.17) is 14.6 Å². The molecule has 1 aliphatic heterocycles. The van der Waals surface area contributed by atoms with Crippen LogP contribution in [0.3, 0.4) is 0 Å². The van der Waals surface area contributed by atoms with E-state index in [-0.39, 0.29) is 6.61 Å². The van der Waals surface area contributed by atoms with Gasteiger partial charge in [-0.2, -0.15) is 0 Å². The first-order valence-electron chi connectivity index (χ1n) is 8.84. The number of aliphatic hydroxyl groups is 1. The molecule has 1 aromatic carbocycles. The fraction of sp³-hybridized carbons (Fsp3) is 0.684. The summed E-state index contributed by atoms with van der Waals surface area (Å²) >= 11 is 0. The van der Waals surface area contributed by atoms with Gasteiger partial charge < -0.3 is 14.6 Å². The van der Waals surface area contributed by atoms with Gasteiger partial charge in [0.05, 0.1) is 12.7 Å². The maximum atomic E-state index is 8.99. The number of hydrogen-bond acceptors (Lipinski definition) is 4. The van der Waals surface area contributed by atoms with Gasteiger partial charge in [0.15, 0.2) is 0 Å². The highest BCUT2D eigenvalue weighted by molar-refractivity contribution is 5.33. The first-order chi connectivity index (χ1) is 11.3. The smallest absolute Gasteiger partial charge is 0.123 e. The Morgan fingerprint density at radius 3 is 2.91 bits per heavy atom. The predicted molar refractivity (Wildman–Crippen MR) is 90.6 cm³/mol. The fourth-order valence-corrected chi connectivity index (χ4v) is 4.51. The highest BCUT2D eigenvalue weighted by Crippen LogP contribution is 2.46. The number of hydrogen-bond donors (Lipinski definition) is 1. The van der Waals surface area contributed by atoms with Crippen molar-refractivity contribution in [3.05, 3.63) is 29.8 Å². The molecule has 1 saturated heterocycles. The summed E-state index contributed by atoms with van der Waals surface area (Å²) in [5, 5.41) is 8.99. The molecule has 1 aromatic rings. The minimum atomic E-state index is 0.0523. The molecule has 0 bridgehead atoms. The van der Waals surface area contributed by atoms with Crippen LogP contribution in [0.25, 0.3) is 0 Å². The molecule has 1 saturated carbocycles. The van der Waals surface area contributed by atoms with Crippen LogP contribution in [0.1, 0.15) is 37.7 Å². The highest BCUT2D eigenvalue weighted by Gasteiger charge is 2.45. The van der Waals surface area contributed by atoms with Crippen molar-refractivity contribution in [1.29, 1.82) is 0 Å². The van der Waals surface area contributed by atoms with Gasteiger partial charge in [-0.25, -0.2) is 0 Å². The van der Waals surface area contributed by atoms with Gasteiger partial charge in [0.2, 0.25) is 0 Å². The van der Waals surface area contributed by atoms with E-state index >= 15 is 0 Å². The first kappa shape index (κ1) is 16.7. The second-order valence-corrected chi connectivity index (χ2v) is 6.97. The molecule has 0 unspecified atom stereocenters. The molecule has 4 nitrogen and oxygen atoms in total. The summed E-state index contributed by atoms with van der Waals surface area (Å²) in [7, 11) is 1.87. The number of likely N-dealkylation sites (tertiary alicyclic amines) is 1. The van der Waals surface area contributed by atoms with Crippen LogP contribution < -0.4 is 4.74 Å². The quantitative estimate of drug-likeness (QED) is 0.875. The Labute approximate surface area is 139 Å². The Bertz CT molecular complexity index is 507. The molecule has 1 spiro atoms. The van der Waals surface area contributed by atoms with Crippen molar-refractivity contribution >= 4 is 0 Å². The number of benzene rings is 1. The van der Waals surface area contributed by atoms with E-state index in [1.165, 1.54) is 37.7 Å². The third kappa shape index (κ3) is 3.70. The second kappa shape index (κ2) is 7.65. The minimum absolute atomic E-state index is 0.0523. The van der Waals surface area contributed by atoms with Crippen molar-refractivity contribution in [2.75, 3.05) is 33.4 Å². The van der Waals surface area contributed by atoms with E-state index in [0.29, 0.717) is 18.1 Å². The van der Waals surface area contributed by atoms with Crippen molar-refractivity contribution < 1.29 is 14.6 Å². The lowest BCUT2D eigenvalue weighted by Crippen LogP contribution is -2.47. The van der Waals surface area contributed by atoms with Crippen LogP contribution in [0.4, 0.5) is 0 Å². The first-order valence-corrected chi connectivity index (χ1v) is 8.84. The van der Waals surface area contributed by atoms with Crippen molar-refractivity contribution in [3.8, 4) is 5.75 Å². The van der Waals surface area contributed by atoms with E-state index in [1.807, 2.05) is 19.2 Å². The Hall–Kier alpha value is -1.10. The second-order valence-electron chi connectivity index (χ2n) is 6.97. The molecular formula is C19H29NO3. The third-order valence-electron chi connectivity index (χ3n) is 5.51. The molecule has 0 radical (unpaired) electrons. The average Bonchev–Trinajstić information content (AvgIpc) is 2.96. The van der Waals surface area contributed by atoms with Crippen molar-refractivity contribution in [3.63, 3.8) is 0 Å². The summed E-state index contributed by atoms with van der Waals surface area (Å²) in [6.07, 6.45) is 6.77. The van der Waals surface area contributed by atoms with Crippen LogP contribution in [-0.4, -0.2) is 49.5 Å². The number of aliphatic hydroxyl groups excluding tert-OH is 1. The molecule has 1 aliphatic carbocycles. The SMILES string of the molecule is CO[C@@H]1CCC[C@]12CCCN(Cc1ccccc1OCCO)C2. The Kier molecular flexibility index (Phi) is 5.57. The fourth-order valence-electron chi connectivity index (χ4n) is 4.51. The summed E-state index contributed by atoms with van der Waals surface area (Å²) in [6.45, 7) is 3.59. The normalized spacial score (nSPS) is 28.3. The van der Waals surface area contributed by atoms with E-state index in [1.54, 1.807) is 0 Å². The van der Waals surface area contributed by atoms with Gasteiger partial charge in [-0.3, -0.25) is 4.90 Å². The van der Waals surface area contributed by atoms with Crippen LogP contribution in [0.15, 0.2) is 24.3 Å². The lowest BCUT2D eigenvalue weighted by Gasteiger charge is -2.43. The number of piperidine rings is 1. The van der Waals surface area contributed by atoms with Gasteiger partial charge in [0.25, 0.3) is 0 Å². The van der Waals surface area contributed by atoms with Crippen LogP contribution in [0.5, 0.6) is 5.75 Å². The van der Waals surface area contributed by atoms with Crippen molar-refractivity contribution in [2.45, 2.75) is 44.8 Å². The molecule has 23 heavy (non-hydrogen) atoms. The largest absolute Gasteiger partial charge is 0.491 e.